The zero-order valence-corrected chi connectivity index (χ0v) is 21.1. The number of halogens is 2. The minimum absolute atomic E-state index is 0.0346. The maximum Gasteiger partial charge on any atom is 0.262 e. The van der Waals surface area contributed by atoms with Crippen molar-refractivity contribution >= 4 is 40.1 Å². The summed E-state index contributed by atoms with van der Waals surface area (Å²) in [7, 11) is 0. The number of carbonyl (C=O) groups excluding carboxylic acids is 2. The predicted octanol–water partition coefficient (Wildman–Crippen LogP) is 5.76. The summed E-state index contributed by atoms with van der Waals surface area (Å²) in [5, 5.41) is 8.92. The first-order valence-electron chi connectivity index (χ1n) is 11.8. The smallest absolute Gasteiger partial charge is 0.262 e. The van der Waals surface area contributed by atoms with Crippen LogP contribution in [0.25, 0.3) is 0 Å². The van der Waals surface area contributed by atoms with Crippen LogP contribution in [0.3, 0.4) is 0 Å². The molecule has 3 aromatic carbocycles. The van der Waals surface area contributed by atoms with E-state index >= 15 is 0 Å². The normalized spacial score (nSPS) is 19.1. The number of nitrogens with one attached hydrogen (secondary N) is 1. The fourth-order valence-corrected chi connectivity index (χ4v) is 5.54. The molecule has 0 bridgehead atoms. The van der Waals surface area contributed by atoms with Gasteiger partial charge in [0.2, 0.25) is 5.91 Å². The number of thioether (sulfide) groups is 1. The number of aryl methyl sites for hydroxylation is 2. The molecule has 0 spiro atoms. The first kappa shape index (κ1) is 24.8. The summed E-state index contributed by atoms with van der Waals surface area (Å²) in [4.78, 5) is 29.7. The zero-order valence-electron chi connectivity index (χ0n) is 20.2. The molecule has 6 nitrogen and oxygen atoms in total. The van der Waals surface area contributed by atoms with E-state index < -0.39 is 11.2 Å². The lowest BCUT2D eigenvalue weighted by atomic mass is 9.98. The zero-order chi connectivity index (χ0) is 26.1. The Kier molecular flexibility index (Phi) is 6.88. The molecular formula is C28H24F2N4O2S. The molecule has 188 valence electrons. The van der Waals surface area contributed by atoms with E-state index in [2.05, 4.69) is 10.3 Å². The summed E-state index contributed by atoms with van der Waals surface area (Å²) in [5.41, 5.74) is 4.99. The van der Waals surface area contributed by atoms with E-state index in [1.165, 1.54) is 36.0 Å². The average molecular weight is 519 g/mol. The summed E-state index contributed by atoms with van der Waals surface area (Å²) < 4.78 is 27.1. The summed E-state index contributed by atoms with van der Waals surface area (Å²) in [6.07, 6.45) is 0.427. The van der Waals surface area contributed by atoms with Gasteiger partial charge < -0.3 is 5.32 Å². The molecule has 5 rings (SSSR count). The Hall–Kier alpha value is -3.85. The maximum atomic E-state index is 13.6. The Morgan fingerprint density at radius 1 is 1.00 bits per heavy atom. The second kappa shape index (κ2) is 10.3. The Morgan fingerprint density at radius 2 is 1.62 bits per heavy atom. The van der Waals surface area contributed by atoms with Gasteiger partial charge in [-0.25, -0.2) is 13.8 Å². The molecule has 37 heavy (non-hydrogen) atoms. The number of hydrazone groups is 1. The van der Waals surface area contributed by atoms with E-state index in [4.69, 9.17) is 5.10 Å². The van der Waals surface area contributed by atoms with Crippen LogP contribution in [-0.2, 0) is 9.59 Å². The minimum Gasteiger partial charge on any atom is -0.326 e. The molecule has 0 unspecified atom stereocenters. The number of anilines is 1. The third-order valence-electron chi connectivity index (χ3n) is 6.14. The summed E-state index contributed by atoms with van der Waals surface area (Å²) >= 11 is 1.19. The van der Waals surface area contributed by atoms with Crippen molar-refractivity contribution in [2.75, 3.05) is 5.32 Å². The van der Waals surface area contributed by atoms with E-state index in [9.17, 15) is 18.4 Å². The van der Waals surface area contributed by atoms with Gasteiger partial charge in [-0.15, -0.1) is 0 Å². The van der Waals surface area contributed by atoms with E-state index in [1.807, 2.05) is 32.0 Å². The Morgan fingerprint density at radius 3 is 2.27 bits per heavy atom. The van der Waals surface area contributed by atoms with Crippen LogP contribution in [0.15, 0.2) is 76.8 Å². The lowest BCUT2D eigenvalue weighted by Crippen LogP contribution is -2.25. The van der Waals surface area contributed by atoms with Crippen molar-refractivity contribution in [3.05, 3.63) is 101 Å². The van der Waals surface area contributed by atoms with Gasteiger partial charge in [-0.1, -0.05) is 42.1 Å². The van der Waals surface area contributed by atoms with Gasteiger partial charge in [0.25, 0.3) is 5.91 Å². The quantitative estimate of drug-likeness (QED) is 0.466. The Balaban J connectivity index is 1.35. The van der Waals surface area contributed by atoms with Gasteiger partial charge in [-0.3, -0.25) is 9.59 Å². The third kappa shape index (κ3) is 5.61. The molecular weight excluding hydrogens is 494 g/mol. The van der Waals surface area contributed by atoms with Crippen molar-refractivity contribution in [2.45, 2.75) is 38.0 Å². The molecule has 0 aromatic heterocycles. The highest BCUT2D eigenvalue weighted by Crippen LogP contribution is 2.38. The molecule has 1 N–H and O–H groups in total. The van der Waals surface area contributed by atoms with Gasteiger partial charge in [0, 0.05) is 18.5 Å². The van der Waals surface area contributed by atoms with Crippen LogP contribution in [0.4, 0.5) is 14.5 Å². The molecule has 2 aliphatic heterocycles. The molecule has 2 amide bonds. The van der Waals surface area contributed by atoms with Crippen molar-refractivity contribution in [1.82, 2.24) is 5.01 Å². The fraction of sp³-hybridized carbons (Fsp3) is 0.214. The molecule has 3 aromatic rings. The monoisotopic (exact) mass is 518 g/mol. The molecule has 2 heterocycles. The SMILES string of the molecule is Cc1cc(C)cc(NC(=O)C[C@@H]2SC(N3N=C(c4ccc(F)cc4)C[C@@H]3c3ccc(F)cc3)=NC2=O)c1. The highest BCUT2D eigenvalue weighted by molar-refractivity contribution is 8.15. The number of nitrogens with zero attached hydrogens (tertiary/aromatic N) is 3. The number of hydrogen-bond acceptors (Lipinski definition) is 5. The largest absolute Gasteiger partial charge is 0.326 e. The van der Waals surface area contributed by atoms with Crippen LogP contribution in [0.5, 0.6) is 0 Å². The Bertz CT molecular complexity index is 1400. The van der Waals surface area contributed by atoms with Crippen molar-refractivity contribution in [2.24, 2.45) is 10.1 Å². The number of amidine groups is 1. The number of amides is 2. The first-order valence-corrected chi connectivity index (χ1v) is 12.7. The number of hydrogen-bond donors (Lipinski definition) is 1. The van der Waals surface area contributed by atoms with E-state index in [-0.39, 0.29) is 30.0 Å². The van der Waals surface area contributed by atoms with Crippen LogP contribution in [-0.4, -0.2) is 33.0 Å². The lowest BCUT2D eigenvalue weighted by molar-refractivity contribution is -0.121. The van der Waals surface area contributed by atoms with Crippen molar-refractivity contribution < 1.29 is 18.4 Å². The molecule has 2 aliphatic rings. The second-order valence-electron chi connectivity index (χ2n) is 9.14. The van der Waals surface area contributed by atoms with E-state index in [0.29, 0.717) is 23.0 Å². The maximum absolute atomic E-state index is 13.6. The minimum atomic E-state index is -0.681. The standard InChI is InChI=1S/C28H24F2N4O2S/c1-16-11-17(2)13-22(12-16)31-26(35)15-25-27(36)32-28(37-25)34-24(19-5-9-21(30)10-6-19)14-23(33-34)18-3-7-20(29)8-4-18/h3-13,24-25H,14-15H2,1-2H3,(H,31,35)/t24-,25+/m1/s1. The number of aliphatic imine (C=N–C) groups is 1. The predicted molar refractivity (Wildman–Crippen MR) is 142 cm³/mol. The molecule has 2 atom stereocenters. The number of rotatable bonds is 5. The van der Waals surface area contributed by atoms with Crippen LogP contribution in [0.2, 0.25) is 0 Å². The summed E-state index contributed by atoms with van der Waals surface area (Å²) in [6, 6.07) is 17.5. The highest BCUT2D eigenvalue weighted by Gasteiger charge is 2.39. The van der Waals surface area contributed by atoms with Crippen LogP contribution < -0.4 is 5.32 Å². The molecule has 0 saturated heterocycles. The molecule has 0 radical (unpaired) electrons. The highest BCUT2D eigenvalue weighted by atomic mass is 32.2. The van der Waals surface area contributed by atoms with Gasteiger partial charge >= 0.3 is 0 Å². The molecule has 0 saturated carbocycles. The lowest BCUT2D eigenvalue weighted by Gasteiger charge is -2.23. The summed E-state index contributed by atoms with van der Waals surface area (Å²) in [6.45, 7) is 3.90. The van der Waals surface area contributed by atoms with Crippen LogP contribution in [0, 0.1) is 25.5 Å². The first-order chi connectivity index (χ1) is 17.7. The number of benzene rings is 3. The van der Waals surface area contributed by atoms with Gasteiger partial charge in [0.05, 0.1) is 11.8 Å². The third-order valence-corrected chi connectivity index (χ3v) is 7.29. The molecule has 0 fully saturated rings. The molecule has 9 heteroatoms. The van der Waals surface area contributed by atoms with Gasteiger partial charge in [-0.2, -0.15) is 10.1 Å². The van der Waals surface area contributed by atoms with E-state index in [0.717, 1.165) is 22.3 Å². The van der Waals surface area contributed by atoms with Crippen molar-refractivity contribution in [3.8, 4) is 0 Å². The van der Waals surface area contributed by atoms with Crippen molar-refractivity contribution in [1.29, 1.82) is 0 Å². The Labute approximate surface area is 217 Å². The second-order valence-corrected chi connectivity index (χ2v) is 10.3. The topological polar surface area (TPSA) is 74.1 Å². The van der Waals surface area contributed by atoms with Gasteiger partial charge in [0.15, 0.2) is 5.17 Å². The molecule has 0 aliphatic carbocycles. The van der Waals surface area contributed by atoms with Gasteiger partial charge in [0.1, 0.15) is 16.9 Å². The summed E-state index contributed by atoms with van der Waals surface area (Å²) in [5.74, 6) is -1.39. The van der Waals surface area contributed by atoms with E-state index in [1.54, 1.807) is 29.3 Å². The van der Waals surface area contributed by atoms with Crippen LogP contribution >= 0.6 is 11.8 Å². The number of carbonyl (C=O) groups is 2. The average Bonchev–Trinajstić information content (AvgIpc) is 3.43. The van der Waals surface area contributed by atoms with Crippen LogP contribution in [0.1, 0.15) is 41.1 Å². The van der Waals surface area contributed by atoms with Crippen molar-refractivity contribution in [3.63, 3.8) is 0 Å². The fourth-order valence-electron chi connectivity index (χ4n) is 4.48. The van der Waals surface area contributed by atoms with Gasteiger partial charge in [-0.05, 0) is 72.5 Å².